The van der Waals surface area contributed by atoms with Crippen LogP contribution in [0.1, 0.15) is 38.7 Å². The molecule has 5 N–H and O–H groups in total. The number of urea groups is 1. The van der Waals surface area contributed by atoms with Crippen LogP contribution in [0.2, 0.25) is 0 Å². The van der Waals surface area contributed by atoms with Gasteiger partial charge >= 0.3 is 18.0 Å². The average Bonchev–Trinajstić information content (AvgIpc) is 2.78. The van der Waals surface area contributed by atoms with Crippen molar-refractivity contribution in [1.82, 2.24) is 16.0 Å². The van der Waals surface area contributed by atoms with Crippen molar-refractivity contribution < 1.29 is 29.4 Å². The maximum Gasteiger partial charge on any atom is 0.336 e. The second-order valence-electron chi connectivity index (χ2n) is 7.91. The van der Waals surface area contributed by atoms with E-state index < -0.39 is 36.0 Å². The van der Waals surface area contributed by atoms with E-state index >= 15 is 0 Å². The van der Waals surface area contributed by atoms with E-state index in [9.17, 15) is 29.4 Å². The molecule has 2 atom stereocenters. The van der Waals surface area contributed by atoms with E-state index in [2.05, 4.69) is 22.5 Å². The number of aliphatic carboxylic acids is 2. The Kier molecular flexibility index (Phi) is 12.5. The van der Waals surface area contributed by atoms with E-state index in [-0.39, 0.29) is 13.0 Å². The summed E-state index contributed by atoms with van der Waals surface area (Å²) in [4.78, 5) is 47.5. The standard InChI is InChI=1S/C25H33N3O6/c1-4-18(14-13-17(2)3)10-8-9-15-26-25(34)28-21(24(32)33)22(29)27-20(23(30)31)16-19-11-6-5-7-12-19/h4-7,11-14,20-21H,1,8-10,15-16H2,2-3H3,(H,27,29)(H,30,31)(H,32,33)(H2,26,28,34)/b18-14+. The quantitative estimate of drug-likeness (QED) is 0.160. The van der Waals surface area contributed by atoms with Crippen LogP contribution in [0.4, 0.5) is 4.79 Å². The first-order chi connectivity index (χ1) is 16.1. The van der Waals surface area contributed by atoms with Crippen LogP contribution in [0.25, 0.3) is 0 Å². The first-order valence-corrected chi connectivity index (χ1v) is 10.9. The molecule has 184 valence electrons. The van der Waals surface area contributed by atoms with E-state index in [0.717, 1.165) is 18.4 Å². The lowest BCUT2D eigenvalue weighted by atomic mass is 10.1. The number of rotatable bonds is 14. The van der Waals surface area contributed by atoms with E-state index in [1.165, 1.54) is 5.57 Å². The molecule has 1 aromatic carbocycles. The van der Waals surface area contributed by atoms with Crippen LogP contribution in [0.3, 0.4) is 0 Å². The minimum Gasteiger partial charge on any atom is -0.480 e. The molecule has 0 radical (unpaired) electrons. The zero-order valence-corrected chi connectivity index (χ0v) is 19.5. The third kappa shape index (κ3) is 11.1. The molecule has 0 aliphatic heterocycles. The number of carboxylic acids is 2. The highest BCUT2D eigenvalue weighted by atomic mass is 16.4. The Morgan fingerprint density at radius 1 is 0.971 bits per heavy atom. The van der Waals surface area contributed by atoms with Gasteiger partial charge in [0.05, 0.1) is 0 Å². The van der Waals surface area contributed by atoms with Gasteiger partial charge in [0.15, 0.2) is 0 Å². The van der Waals surface area contributed by atoms with E-state index in [1.54, 1.807) is 36.4 Å². The molecular weight excluding hydrogens is 438 g/mol. The van der Waals surface area contributed by atoms with Gasteiger partial charge in [0.25, 0.3) is 5.91 Å². The fourth-order valence-corrected chi connectivity index (χ4v) is 2.91. The Labute approximate surface area is 199 Å². The summed E-state index contributed by atoms with van der Waals surface area (Å²) in [6.07, 6.45) is 7.91. The molecule has 2 unspecified atom stereocenters. The predicted octanol–water partition coefficient (Wildman–Crippen LogP) is 2.80. The molecule has 0 heterocycles. The number of carbonyl (C=O) groups is 4. The molecule has 34 heavy (non-hydrogen) atoms. The molecule has 3 amide bonds. The summed E-state index contributed by atoms with van der Waals surface area (Å²) in [6, 6.07) is 4.48. The van der Waals surface area contributed by atoms with E-state index in [4.69, 9.17) is 0 Å². The van der Waals surface area contributed by atoms with Crippen LogP contribution >= 0.6 is 0 Å². The van der Waals surface area contributed by atoms with E-state index in [0.29, 0.717) is 12.0 Å². The monoisotopic (exact) mass is 471 g/mol. The van der Waals surface area contributed by atoms with Crippen LogP contribution < -0.4 is 16.0 Å². The highest BCUT2D eigenvalue weighted by Crippen LogP contribution is 2.09. The topological polar surface area (TPSA) is 145 Å². The Morgan fingerprint density at radius 3 is 2.21 bits per heavy atom. The van der Waals surface area contributed by atoms with Crippen molar-refractivity contribution in [3.05, 3.63) is 71.8 Å². The maximum absolute atomic E-state index is 12.4. The minimum absolute atomic E-state index is 0.0325. The summed E-state index contributed by atoms with van der Waals surface area (Å²) >= 11 is 0. The number of carboxylic acid groups (broad SMARTS) is 2. The van der Waals surface area contributed by atoms with Crippen LogP contribution in [0.15, 0.2) is 66.3 Å². The average molecular weight is 472 g/mol. The van der Waals surface area contributed by atoms with Crippen molar-refractivity contribution in [3.63, 3.8) is 0 Å². The first-order valence-electron chi connectivity index (χ1n) is 10.9. The van der Waals surface area contributed by atoms with Gasteiger partial charge in [-0.25, -0.2) is 14.4 Å². The Morgan fingerprint density at radius 2 is 1.65 bits per heavy atom. The summed E-state index contributed by atoms with van der Waals surface area (Å²) in [5.41, 5.74) is 2.89. The summed E-state index contributed by atoms with van der Waals surface area (Å²) in [5, 5.41) is 25.5. The van der Waals surface area contributed by atoms with Gasteiger partial charge < -0.3 is 26.2 Å². The molecule has 9 nitrogen and oxygen atoms in total. The molecule has 0 spiro atoms. The number of amides is 3. The number of nitrogens with one attached hydrogen (secondary N) is 3. The zero-order valence-electron chi connectivity index (χ0n) is 19.5. The van der Waals surface area contributed by atoms with E-state index in [1.807, 2.05) is 26.0 Å². The highest BCUT2D eigenvalue weighted by molar-refractivity contribution is 6.04. The Hall–Kier alpha value is -3.88. The van der Waals surface area contributed by atoms with Gasteiger partial charge in [-0.2, -0.15) is 0 Å². The third-order valence-electron chi connectivity index (χ3n) is 4.75. The molecule has 0 saturated carbocycles. The number of carbonyl (C=O) groups excluding carboxylic acids is 2. The first kappa shape index (κ1) is 28.2. The predicted molar refractivity (Wildman–Crippen MR) is 129 cm³/mol. The number of hydrogen-bond acceptors (Lipinski definition) is 4. The van der Waals surface area contributed by atoms with Gasteiger partial charge in [0.2, 0.25) is 6.04 Å². The zero-order chi connectivity index (χ0) is 25.5. The Balaban J connectivity index is 2.55. The molecule has 0 aromatic heterocycles. The molecule has 9 heteroatoms. The highest BCUT2D eigenvalue weighted by Gasteiger charge is 2.31. The van der Waals surface area contributed by atoms with Crippen LogP contribution in [0.5, 0.6) is 0 Å². The second-order valence-corrected chi connectivity index (χ2v) is 7.91. The van der Waals surface area contributed by atoms with Crippen molar-refractivity contribution in [2.45, 2.75) is 51.6 Å². The van der Waals surface area contributed by atoms with Crippen molar-refractivity contribution in [2.75, 3.05) is 6.54 Å². The van der Waals surface area contributed by atoms with Crippen molar-refractivity contribution >= 4 is 23.9 Å². The van der Waals surface area contributed by atoms with Crippen LogP contribution in [-0.2, 0) is 20.8 Å². The third-order valence-corrected chi connectivity index (χ3v) is 4.75. The summed E-state index contributed by atoms with van der Waals surface area (Å²) < 4.78 is 0. The smallest absolute Gasteiger partial charge is 0.336 e. The molecule has 1 rings (SSSR count). The summed E-state index contributed by atoms with van der Waals surface area (Å²) in [5.74, 6) is -4.04. The number of hydrogen-bond donors (Lipinski definition) is 5. The van der Waals surface area contributed by atoms with Crippen LogP contribution in [-0.4, -0.2) is 52.7 Å². The molecule has 0 aliphatic carbocycles. The lowest BCUT2D eigenvalue weighted by molar-refractivity contribution is -0.147. The maximum atomic E-state index is 12.4. The molecule has 1 aromatic rings. The Bertz CT molecular complexity index is 920. The van der Waals surface area contributed by atoms with Crippen LogP contribution in [0, 0.1) is 0 Å². The fourth-order valence-electron chi connectivity index (χ4n) is 2.91. The van der Waals surface area contributed by atoms with Crippen molar-refractivity contribution in [2.24, 2.45) is 0 Å². The summed E-state index contributed by atoms with van der Waals surface area (Å²) in [7, 11) is 0. The fraction of sp³-hybridized carbons (Fsp3) is 0.360. The summed E-state index contributed by atoms with van der Waals surface area (Å²) in [6.45, 7) is 8.05. The lowest BCUT2D eigenvalue weighted by Crippen LogP contribution is -2.57. The van der Waals surface area contributed by atoms with Crippen molar-refractivity contribution in [1.29, 1.82) is 0 Å². The second kappa shape index (κ2) is 15.0. The molecule has 0 bridgehead atoms. The van der Waals surface area contributed by atoms with Gasteiger partial charge in [-0.1, -0.05) is 60.7 Å². The molecule has 0 saturated heterocycles. The van der Waals surface area contributed by atoms with Gasteiger partial charge in [-0.3, -0.25) is 4.79 Å². The molecule has 0 fully saturated rings. The van der Waals surface area contributed by atoms with Gasteiger partial charge in [-0.15, -0.1) is 0 Å². The van der Waals surface area contributed by atoms with Gasteiger partial charge in [0.1, 0.15) is 6.04 Å². The SMILES string of the molecule is C=C/C(=C\C=C(C)C)CCCCNC(=O)NC(C(=O)O)C(=O)NC(Cc1ccccc1)C(=O)O. The van der Waals surface area contributed by atoms with Gasteiger partial charge in [0, 0.05) is 13.0 Å². The molecule has 0 aliphatic rings. The number of unbranched alkanes of at least 4 members (excludes halogenated alkanes) is 1. The van der Waals surface area contributed by atoms with Gasteiger partial charge in [-0.05, 0) is 44.2 Å². The normalized spacial score (nSPS) is 12.6. The number of benzene rings is 1. The van der Waals surface area contributed by atoms with Crippen molar-refractivity contribution in [3.8, 4) is 0 Å². The minimum atomic E-state index is -1.93. The number of allylic oxidation sites excluding steroid dienone is 5. The molecular formula is C25H33N3O6. The largest absolute Gasteiger partial charge is 0.480 e. The lowest BCUT2D eigenvalue weighted by Gasteiger charge is -2.19.